The molecular formula is C11H17Br2N3S. The van der Waals surface area contributed by atoms with E-state index in [0.717, 1.165) is 10.9 Å². The van der Waals surface area contributed by atoms with Crippen LogP contribution in [0.15, 0.2) is 29.4 Å². The monoisotopic (exact) mass is 381 g/mol. The Kier molecular flexibility index (Phi) is 8.11. The topological polar surface area (TPSA) is 34.4 Å². The highest BCUT2D eigenvalue weighted by Crippen LogP contribution is 2.13. The zero-order valence-electron chi connectivity index (χ0n) is 9.89. The van der Waals surface area contributed by atoms with Crippen molar-refractivity contribution >= 4 is 22.8 Å². The van der Waals surface area contributed by atoms with Gasteiger partial charge in [0.15, 0.2) is 11.0 Å². The molecule has 3 N–H and O–H groups in total. The van der Waals surface area contributed by atoms with Crippen LogP contribution in [-0.4, -0.2) is 31.4 Å². The van der Waals surface area contributed by atoms with Gasteiger partial charge in [-0.15, -0.1) is 0 Å². The van der Waals surface area contributed by atoms with Gasteiger partial charge in [0.25, 0.3) is 0 Å². The van der Waals surface area contributed by atoms with Gasteiger partial charge < -0.3 is 38.9 Å². The second-order valence-corrected chi connectivity index (χ2v) is 5.04. The summed E-state index contributed by atoms with van der Waals surface area (Å²) in [6.07, 6.45) is 0. The SMILES string of the molecule is C[NH+](C)CCSc1[nH]c2ccccc2[nH+]1.[Br-].[Br-]. The van der Waals surface area contributed by atoms with E-state index in [1.165, 1.54) is 22.5 Å². The number of aromatic nitrogens is 2. The molecule has 0 saturated carbocycles. The van der Waals surface area contributed by atoms with Gasteiger partial charge in [-0.25, -0.2) is 9.97 Å². The van der Waals surface area contributed by atoms with Crippen LogP contribution in [0.4, 0.5) is 0 Å². The Hall–Kier alpha value is -0.0400. The molecule has 0 fully saturated rings. The van der Waals surface area contributed by atoms with Crippen LogP contribution < -0.4 is 43.8 Å². The summed E-state index contributed by atoms with van der Waals surface area (Å²) in [6.45, 7) is 1.17. The fraction of sp³-hybridized carbons (Fsp3) is 0.364. The van der Waals surface area contributed by atoms with Gasteiger partial charge in [0.05, 0.1) is 26.4 Å². The average molecular weight is 383 g/mol. The van der Waals surface area contributed by atoms with Crippen LogP contribution in [0.1, 0.15) is 0 Å². The molecule has 96 valence electrons. The van der Waals surface area contributed by atoms with Crippen molar-refractivity contribution in [2.45, 2.75) is 5.16 Å². The summed E-state index contributed by atoms with van der Waals surface area (Å²) in [5.74, 6) is 1.13. The van der Waals surface area contributed by atoms with Gasteiger partial charge in [0, 0.05) is 0 Å². The van der Waals surface area contributed by atoms with Gasteiger partial charge >= 0.3 is 5.16 Å². The second-order valence-electron chi connectivity index (χ2n) is 3.93. The maximum Gasteiger partial charge on any atom is 0.314 e. The van der Waals surface area contributed by atoms with E-state index in [9.17, 15) is 0 Å². The lowest BCUT2D eigenvalue weighted by Crippen LogP contribution is -3.06. The van der Waals surface area contributed by atoms with Gasteiger partial charge in [0.1, 0.15) is 0 Å². The number of hydrogen-bond acceptors (Lipinski definition) is 1. The second kappa shape index (κ2) is 8.13. The molecule has 0 aliphatic carbocycles. The number of benzene rings is 1. The predicted molar refractivity (Wildman–Crippen MR) is 63.3 cm³/mol. The summed E-state index contributed by atoms with van der Waals surface area (Å²) in [7, 11) is 4.35. The summed E-state index contributed by atoms with van der Waals surface area (Å²) in [6, 6.07) is 8.27. The first kappa shape index (κ1) is 17.0. The minimum atomic E-state index is 0. The number of quaternary nitrogens is 1. The molecule has 1 heterocycles. The first-order valence-corrected chi connectivity index (χ1v) is 6.16. The van der Waals surface area contributed by atoms with E-state index < -0.39 is 0 Å². The Labute approximate surface area is 127 Å². The van der Waals surface area contributed by atoms with Crippen LogP contribution in [0.5, 0.6) is 0 Å². The number of aromatic amines is 2. The molecule has 6 heteroatoms. The maximum absolute atomic E-state index is 3.37. The van der Waals surface area contributed by atoms with Gasteiger partial charge in [-0.1, -0.05) is 12.1 Å². The molecule has 17 heavy (non-hydrogen) atoms. The van der Waals surface area contributed by atoms with Gasteiger partial charge in [-0.05, 0) is 23.9 Å². The highest BCUT2D eigenvalue weighted by molar-refractivity contribution is 7.99. The molecule has 0 aliphatic heterocycles. The number of H-pyrrole nitrogens is 2. The van der Waals surface area contributed by atoms with Crippen LogP contribution in [0.25, 0.3) is 11.0 Å². The van der Waals surface area contributed by atoms with Crippen molar-refractivity contribution in [1.29, 1.82) is 0 Å². The van der Waals surface area contributed by atoms with Crippen LogP contribution in [0, 0.1) is 0 Å². The van der Waals surface area contributed by atoms with Gasteiger partial charge in [-0.2, -0.15) is 0 Å². The number of nitrogens with one attached hydrogen (secondary N) is 3. The largest absolute Gasteiger partial charge is 1.00 e. The molecule has 0 spiro atoms. The standard InChI is InChI=1S/C11H15N3S.2BrH/c1-14(2)7-8-15-11-12-9-5-3-4-6-10(9)13-11;;/h3-6H,7-8H2,1-2H3,(H,12,13);2*1H. The Morgan fingerprint density at radius 1 is 1.24 bits per heavy atom. The molecule has 0 bridgehead atoms. The zero-order chi connectivity index (χ0) is 10.7. The lowest BCUT2D eigenvalue weighted by atomic mass is 10.3. The molecule has 0 saturated heterocycles. The molecule has 0 atom stereocenters. The molecule has 0 unspecified atom stereocenters. The Morgan fingerprint density at radius 3 is 2.59 bits per heavy atom. The molecule has 0 radical (unpaired) electrons. The highest BCUT2D eigenvalue weighted by atomic mass is 79.9. The number of rotatable bonds is 4. The maximum atomic E-state index is 3.37. The van der Waals surface area contributed by atoms with Crippen molar-refractivity contribution in [2.75, 3.05) is 26.4 Å². The Bertz CT molecular complexity index is 412. The normalized spacial score (nSPS) is 10.1. The molecule has 0 aliphatic rings. The fourth-order valence-corrected chi connectivity index (χ4v) is 2.49. The molecule has 2 aromatic rings. The van der Waals surface area contributed by atoms with Crippen LogP contribution in [-0.2, 0) is 0 Å². The zero-order valence-corrected chi connectivity index (χ0v) is 13.9. The third kappa shape index (κ3) is 4.99. The minimum absolute atomic E-state index is 0. The van der Waals surface area contributed by atoms with Crippen LogP contribution in [0.3, 0.4) is 0 Å². The minimum Gasteiger partial charge on any atom is -1.00 e. The van der Waals surface area contributed by atoms with Crippen molar-refractivity contribution < 1.29 is 43.8 Å². The van der Waals surface area contributed by atoms with E-state index in [1.807, 2.05) is 23.9 Å². The number of para-hydroxylation sites is 2. The molecule has 3 nitrogen and oxygen atoms in total. The van der Waals surface area contributed by atoms with E-state index in [0.29, 0.717) is 0 Å². The summed E-state index contributed by atoms with van der Waals surface area (Å²) in [5, 5.41) is 1.15. The third-order valence-electron chi connectivity index (χ3n) is 2.27. The fourth-order valence-electron chi connectivity index (χ4n) is 1.41. The predicted octanol–water partition coefficient (Wildman–Crippen LogP) is -5.77. The average Bonchev–Trinajstić information content (AvgIpc) is 2.59. The van der Waals surface area contributed by atoms with E-state index in [-0.39, 0.29) is 34.0 Å². The Balaban J connectivity index is 0.00000128. The first-order chi connectivity index (χ1) is 7.25. The summed E-state index contributed by atoms with van der Waals surface area (Å²) < 4.78 is 0. The van der Waals surface area contributed by atoms with Gasteiger partial charge in [0.2, 0.25) is 0 Å². The molecular weight excluding hydrogens is 366 g/mol. The first-order valence-electron chi connectivity index (χ1n) is 5.17. The van der Waals surface area contributed by atoms with E-state index in [1.54, 1.807) is 0 Å². The lowest BCUT2D eigenvalue weighted by molar-refractivity contribution is -0.855. The van der Waals surface area contributed by atoms with Crippen LogP contribution in [0.2, 0.25) is 0 Å². The number of fused-ring (bicyclic) bond motifs is 1. The number of halogens is 2. The van der Waals surface area contributed by atoms with E-state index in [2.05, 4.69) is 36.2 Å². The summed E-state index contributed by atoms with van der Waals surface area (Å²) in [4.78, 5) is 8.22. The van der Waals surface area contributed by atoms with E-state index >= 15 is 0 Å². The molecule has 0 amide bonds. The number of imidazole rings is 1. The molecule has 1 aromatic carbocycles. The Morgan fingerprint density at radius 2 is 1.94 bits per heavy atom. The summed E-state index contributed by atoms with van der Waals surface area (Å²) in [5.41, 5.74) is 2.36. The van der Waals surface area contributed by atoms with Crippen molar-refractivity contribution in [3.63, 3.8) is 0 Å². The lowest BCUT2D eigenvalue weighted by Gasteiger charge is -2.03. The van der Waals surface area contributed by atoms with Gasteiger partial charge in [-0.3, -0.25) is 0 Å². The van der Waals surface area contributed by atoms with Crippen molar-refractivity contribution in [1.82, 2.24) is 4.98 Å². The van der Waals surface area contributed by atoms with Crippen molar-refractivity contribution in [2.24, 2.45) is 0 Å². The highest BCUT2D eigenvalue weighted by Gasteiger charge is 2.09. The quantitative estimate of drug-likeness (QED) is 0.508. The van der Waals surface area contributed by atoms with Crippen LogP contribution >= 0.6 is 11.8 Å². The van der Waals surface area contributed by atoms with Crippen molar-refractivity contribution in [3.8, 4) is 0 Å². The number of thioether (sulfide) groups is 1. The third-order valence-corrected chi connectivity index (χ3v) is 3.17. The number of hydrogen-bond donors (Lipinski definition) is 2. The molecule has 2 rings (SSSR count). The summed E-state index contributed by atoms with van der Waals surface area (Å²) >= 11 is 1.84. The smallest absolute Gasteiger partial charge is 0.314 e. The molecule has 1 aromatic heterocycles. The van der Waals surface area contributed by atoms with Crippen molar-refractivity contribution in [3.05, 3.63) is 24.3 Å². The van der Waals surface area contributed by atoms with E-state index in [4.69, 9.17) is 0 Å².